The Kier molecular flexibility index (Phi) is 8.04. The third-order valence-electron chi connectivity index (χ3n) is 5.96. The van der Waals surface area contributed by atoms with Crippen molar-refractivity contribution in [3.05, 3.63) is 88.7 Å². The molecule has 0 aliphatic rings. The second-order valence-corrected chi connectivity index (χ2v) is 8.51. The molecule has 184 valence electrons. The van der Waals surface area contributed by atoms with Gasteiger partial charge in [-0.15, -0.1) is 0 Å². The van der Waals surface area contributed by atoms with E-state index in [4.69, 9.17) is 13.9 Å². The van der Waals surface area contributed by atoms with Crippen LogP contribution in [0.4, 0.5) is 0 Å². The van der Waals surface area contributed by atoms with Crippen LogP contribution < -0.4 is 4.74 Å². The highest BCUT2D eigenvalue weighted by molar-refractivity contribution is 5.93. The molecule has 36 heavy (non-hydrogen) atoms. The number of aliphatic hydroxyl groups excluding tert-OH is 1. The molecule has 0 spiro atoms. The van der Waals surface area contributed by atoms with E-state index in [-0.39, 0.29) is 25.6 Å². The minimum Gasteiger partial charge on any atom is -0.489 e. The minimum absolute atomic E-state index is 0.00885. The second kappa shape index (κ2) is 11.6. The monoisotopic (exact) mass is 483 g/mol. The summed E-state index contributed by atoms with van der Waals surface area (Å²) in [5.74, 6) is 0.850. The highest BCUT2D eigenvalue weighted by atomic mass is 16.5. The van der Waals surface area contributed by atoms with E-state index in [9.17, 15) is 15.2 Å². The zero-order chi connectivity index (χ0) is 25.5. The lowest BCUT2D eigenvalue weighted by Crippen LogP contribution is -2.09. The Morgan fingerprint density at radius 3 is 2.67 bits per heavy atom. The molecular formula is C30H29NO5. The van der Waals surface area contributed by atoms with Gasteiger partial charge >= 0.3 is 5.97 Å². The number of aliphatic hydroxyl groups is 1. The Labute approximate surface area is 210 Å². The number of hydrogen-bond acceptors (Lipinski definition) is 6. The van der Waals surface area contributed by atoms with Crippen LogP contribution in [0.2, 0.25) is 0 Å². The van der Waals surface area contributed by atoms with Crippen molar-refractivity contribution in [2.45, 2.75) is 39.7 Å². The van der Waals surface area contributed by atoms with Crippen molar-refractivity contribution >= 4 is 16.9 Å². The molecule has 0 bridgehead atoms. The molecule has 1 aromatic heterocycles. The normalized spacial score (nSPS) is 10.8. The van der Waals surface area contributed by atoms with Gasteiger partial charge in [-0.25, -0.2) is 0 Å². The van der Waals surface area contributed by atoms with Crippen LogP contribution in [0.15, 0.2) is 65.1 Å². The second-order valence-electron chi connectivity index (χ2n) is 8.51. The summed E-state index contributed by atoms with van der Waals surface area (Å²) in [5, 5.41) is 19.7. The Balaban J connectivity index is 1.70. The fourth-order valence-electron chi connectivity index (χ4n) is 4.19. The van der Waals surface area contributed by atoms with Gasteiger partial charge in [-0.2, -0.15) is 5.26 Å². The number of ether oxygens (including phenoxy) is 2. The standard InChI is InChI=1S/C30H29NO5/c1-3-20-6-5-7-23(12-20)27-14-22(13-25-16-26(10-11-32)36-30(25)27)19-35-28-15-21(18-31)8-9-24(28)17-29(33)34-4-2/h5-9,12-16,32H,3-4,10-11,17,19H2,1-2H3. The molecule has 4 rings (SSSR count). The number of nitrogens with zero attached hydrogens (tertiary/aromatic N) is 1. The maximum absolute atomic E-state index is 12.1. The summed E-state index contributed by atoms with van der Waals surface area (Å²) < 4.78 is 17.4. The Hall–Kier alpha value is -4.08. The number of fused-ring (bicyclic) bond motifs is 1. The van der Waals surface area contributed by atoms with Gasteiger partial charge in [0, 0.05) is 22.9 Å². The average molecular weight is 484 g/mol. The summed E-state index contributed by atoms with van der Waals surface area (Å²) in [6, 6.07) is 21.5. The molecule has 0 fully saturated rings. The molecule has 4 aromatic rings. The average Bonchev–Trinajstić information content (AvgIpc) is 3.30. The van der Waals surface area contributed by atoms with Crippen molar-refractivity contribution < 1.29 is 23.8 Å². The van der Waals surface area contributed by atoms with E-state index in [1.807, 2.05) is 24.3 Å². The van der Waals surface area contributed by atoms with Crippen LogP contribution in [-0.4, -0.2) is 24.3 Å². The number of hydrogen-bond donors (Lipinski definition) is 1. The van der Waals surface area contributed by atoms with E-state index in [2.05, 4.69) is 31.2 Å². The van der Waals surface area contributed by atoms with E-state index in [1.165, 1.54) is 5.56 Å². The van der Waals surface area contributed by atoms with Gasteiger partial charge in [-0.1, -0.05) is 37.3 Å². The topological polar surface area (TPSA) is 92.7 Å². The van der Waals surface area contributed by atoms with Crippen LogP contribution in [0.1, 0.15) is 41.9 Å². The first-order valence-electron chi connectivity index (χ1n) is 12.1. The molecule has 6 heteroatoms. The molecule has 1 heterocycles. The van der Waals surface area contributed by atoms with Crippen molar-refractivity contribution in [3.63, 3.8) is 0 Å². The van der Waals surface area contributed by atoms with Crippen LogP contribution >= 0.6 is 0 Å². The Bertz CT molecular complexity index is 1410. The van der Waals surface area contributed by atoms with Crippen molar-refractivity contribution in [2.75, 3.05) is 13.2 Å². The number of carbonyl (C=O) groups excluding carboxylic acids is 1. The van der Waals surface area contributed by atoms with Crippen molar-refractivity contribution in [3.8, 4) is 22.9 Å². The molecule has 0 aliphatic heterocycles. The molecule has 0 amide bonds. The molecule has 0 saturated heterocycles. The minimum atomic E-state index is -0.346. The molecule has 0 aliphatic carbocycles. The van der Waals surface area contributed by atoms with E-state index in [0.717, 1.165) is 39.8 Å². The highest BCUT2D eigenvalue weighted by Crippen LogP contribution is 2.34. The summed E-state index contributed by atoms with van der Waals surface area (Å²) >= 11 is 0. The number of esters is 1. The SMILES string of the molecule is CCOC(=O)Cc1ccc(C#N)cc1OCc1cc(-c2cccc(CC)c2)c2oc(CCO)cc2c1. The molecule has 0 atom stereocenters. The predicted molar refractivity (Wildman–Crippen MR) is 138 cm³/mol. The number of benzene rings is 3. The summed E-state index contributed by atoms with van der Waals surface area (Å²) in [6.45, 7) is 4.43. The van der Waals surface area contributed by atoms with E-state index in [0.29, 0.717) is 29.9 Å². The number of nitriles is 1. The Morgan fingerprint density at radius 2 is 1.92 bits per heavy atom. The number of furan rings is 1. The van der Waals surface area contributed by atoms with Crippen LogP contribution in [0.25, 0.3) is 22.1 Å². The van der Waals surface area contributed by atoms with Gasteiger partial charge in [0.05, 0.1) is 31.3 Å². The van der Waals surface area contributed by atoms with Gasteiger partial charge in [0.2, 0.25) is 0 Å². The van der Waals surface area contributed by atoms with Gasteiger partial charge in [-0.05, 0) is 60.4 Å². The first kappa shape index (κ1) is 25.0. The lowest BCUT2D eigenvalue weighted by molar-refractivity contribution is -0.142. The summed E-state index contributed by atoms with van der Waals surface area (Å²) in [7, 11) is 0. The van der Waals surface area contributed by atoms with E-state index < -0.39 is 0 Å². The van der Waals surface area contributed by atoms with Crippen molar-refractivity contribution in [1.82, 2.24) is 0 Å². The third kappa shape index (κ3) is 5.76. The van der Waals surface area contributed by atoms with Crippen molar-refractivity contribution in [1.29, 1.82) is 5.26 Å². The number of rotatable bonds is 10. The quantitative estimate of drug-likeness (QED) is 0.289. The molecule has 1 N–H and O–H groups in total. The maximum Gasteiger partial charge on any atom is 0.310 e. The van der Waals surface area contributed by atoms with Gasteiger partial charge in [0.25, 0.3) is 0 Å². The van der Waals surface area contributed by atoms with Crippen LogP contribution in [0.3, 0.4) is 0 Å². The summed E-state index contributed by atoms with van der Waals surface area (Å²) in [6.07, 6.45) is 1.43. The predicted octanol–water partition coefficient (Wildman–Crippen LogP) is 5.75. The van der Waals surface area contributed by atoms with Crippen LogP contribution in [0.5, 0.6) is 5.75 Å². The number of aryl methyl sites for hydroxylation is 1. The summed E-state index contributed by atoms with van der Waals surface area (Å²) in [5.41, 5.74) is 6.02. The van der Waals surface area contributed by atoms with Gasteiger partial charge in [0.15, 0.2) is 0 Å². The molecule has 0 saturated carbocycles. The van der Waals surface area contributed by atoms with Crippen molar-refractivity contribution in [2.24, 2.45) is 0 Å². The lowest BCUT2D eigenvalue weighted by atomic mass is 9.98. The van der Waals surface area contributed by atoms with Gasteiger partial charge < -0.3 is 19.0 Å². The largest absolute Gasteiger partial charge is 0.489 e. The smallest absolute Gasteiger partial charge is 0.310 e. The lowest BCUT2D eigenvalue weighted by Gasteiger charge is -2.13. The van der Waals surface area contributed by atoms with Gasteiger partial charge in [-0.3, -0.25) is 4.79 Å². The molecule has 6 nitrogen and oxygen atoms in total. The zero-order valence-corrected chi connectivity index (χ0v) is 20.5. The first-order valence-corrected chi connectivity index (χ1v) is 12.1. The fraction of sp³-hybridized carbons (Fsp3) is 0.267. The fourth-order valence-corrected chi connectivity index (χ4v) is 4.19. The van der Waals surface area contributed by atoms with Crippen LogP contribution in [0, 0.1) is 11.3 Å². The third-order valence-corrected chi connectivity index (χ3v) is 5.96. The number of carbonyl (C=O) groups is 1. The zero-order valence-electron chi connectivity index (χ0n) is 20.5. The highest BCUT2D eigenvalue weighted by Gasteiger charge is 2.15. The Morgan fingerprint density at radius 1 is 1.06 bits per heavy atom. The molecule has 0 radical (unpaired) electrons. The molecular weight excluding hydrogens is 454 g/mol. The van der Waals surface area contributed by atoms with E-state index in [1.54, 1.807) is 25.1 Å². The van der Waals surface area contributed by atoms with Gasteiger partial charge in [0.1, 0.15) is 23.7 Å². The first-order chi connectivity index (χ1) is 17.5. The maximum atomic E-state index is 12.1. The summed E-state index contributed by atoms with van der Waals surface area (Å²) in [4.78, 5) is 12.1. The molecule has 3 aromatic carbocycles. The molecule has 0 unspecified atom stereocenters. The van der Waals surface area contributed by atoms with E-state index >= 15 is 0 Å². The van der Waals surface area contributed by atoms with Crippen LogP contribution in [-0.2, 0) is 35.4 Å².